The van der Waals surface area contributed by atoms with Crippen LogP contribution in [0.15, 0.2) is 10.6 Å². The van der Waals surface area contributed by atoms with Crippen molar-refractivity contribution in [2.75, 3.05) is 6.54 Å². The summed E-state index contributed by atoms with van der Waals surface area (Å²) in [6, 6.07) is 1.98. The first-order valence-corrected chi connectivity index (χ1v) is 8.23. The van der Waals surface area contributed by atoms with Crippen LogP contribution in [-0.2, 0) is 11.3 Å². The Hall–Kier alpha value is -1.85. The van der Waals surface area contributed by atoms with Crippen LogP contribution < -0.4 is 5.32 Å². The van der Waals surface area contributed by atoms with Gasteiger partial charge in [0.2, 0.25) is 5.91 Å². The summed E-state index contributed by atoms with van der Waals surface area (Å²) in [5.74, 6) is 0.763. The van der Waals surface area contributed by atoms with E-state index in [9.17, 15) is 9.59 Å². The summed E-state index contributed by atoms with van der Waals surface area (Å²) >= 11 is 0. The maximum absolute atomic E-state index is 12.7. The number of rotatable bonds is 6. The molecule has 2 aliphatic rings. The van der Waals surface area contributed by atoms with Gasteiger partial charge in [0.05, 0.1) is 6.54 Å². The summed E-state index contributed by atoms with van der Waals surface area (Å²) < 4.78 is 5.25. The largest absolute Gasteiger partial charge is 0.359 e. The predicted octanol–water partition coefficient (Wildman–Crippen LogP) is 2.11. The van der Waals surface area contributed by atoms with Crippen molar-refractivity contribution in [2.45, 2.75) is 58.0 Å². The van der Waals surface area contributed by atoms with E-state index in [1.807, 2.05) is 11.8 Å². The molecule has 1 heterocycles. The van der Waals surface area contributed by atoms with Gasteiger partial charge >= 0.3 is 0 Å². The standard InChI is InChI=1S/C16H23N3O3/c1-2-17-15(20)14-9-13(22-18-14)10-19(12-7-8-12)16(21)11-5-3-4-6-11/h9,11-12H,2-8,10H2,1H3,(H,17,20). The Morgan fingerprint density at radius 3 is 2.68 bits per heavy atom. The molecule has 120 valence electrons. The first-order chi connectivity index (χ1) is 10.7. The molecular weight excluding hydrogens is 282 g/mol. The van der Waals surface area contributed by atoms with Crippen molar-refractivity contribution in [2.24, 2.45) is 5.92 Å². The van der Waals surface area contributed by atoms with E-state index in [0.717, 1.165) is 38.5 Å². The molecule has 2 amide bonds. The molecule has 0 unspecified atom stereocenters. The Labute approximate surface area is 130 Å². The lowest BCUT2D eigenvalue weighted by atomic mass is 10.1. The molecule has 0 aromatic carbocycles. The maximum atomic E-state index is 12.7. The predicted molar refractivity (Wildman–Crippen MR) is 80.0 cm³/mol. The molecule has 0 atom stereocenters. The quantitative estimate of drug-likeness (QED) is 0.873. The van der Waals surface area contributed by atoms with Gasteiger partial charge in [0.15, 0.2) is 11.5 Å². The van der Waals surface area contributed by atoms with Gasteiger partial charge in [-0.25, -0.2) is 0 Å². The van der Waals surface area contributed by atoms with Crippen LogP contribution in [0.5, 0.6) is 0 Å². The Kier molecular flexibility index (Phi) is 4.45. The van der Waals surface area contributed by atoms with E-state index in [1.54, 1.807) is 6.07 Å². The third-order valence-electron chi connectivity index (χ3n) is 4.43. The second-order valence-electron chi connectivity index (χ2n) is 6.22. The van der Waals surface area contributed by atoms with Gasteiger partial charge in [-0.1, -0.05) is 18.0 Å². The monoisotopic (exact) mass is 305 g/mol. The highest BCUT2D eigenvalue weighted by Crippen LogP contribution is 2.34. The number of aromatic nitrogens is 1. The van der Waals surface area contributed by atoms with Crippen molar-refractivity contribution in [3.05, 3.63) is 17.5 Å². The summed E-state index contributed by atoms with van der Waals surface area (Å²) in [5.41, 5.74) is 0.279. The summed E-state index contributed by atoms with van der Waals surface area (Å²) in [7, 11) is 0. The topological polar surface area (TPSA) is 75.4 Å². The van der Waals surface area contributed by atoms with E-state index < -0.39 is 0 Å². The van der Waals surface area contributed by atoms with Crippen LogP contribution >= 0.6 is 0 Å². The number of carbonyl (C=O) groups is 2. The molecule has 0 radical (unpaired) electrons. The molecule has 2 fully saturated rings. The van der Waals surface area contributed by atoms with Crippen molar-refractivity contribution in [3.63, 3.8) is 0 Å². The highest BCUT2D eigenvalue weighted by atomic mass is 16.5. The average Bonchev–Trinajstić information content (AvgIpc) is 3.04. The fourth-order valence-electron chi connectivity index (χ4n) is 3.09. The van der Waals surface area contributed by atoms with Crippen molar-refractivity contribution < 1.29 is 14.1 Å². The van der Waals surface area contributed by atoms with E-state index in [2.05, 4.69) is 10.5 Å². The minimum atomic E-state index is -0.238. The second-order valence-corrected chi connectivity index (χ2v) is 6.22. The molecule has 0 spiro atoms. The molecule has 1 aromatic heterocycles. The second kappa shape index (κ2) is 6.50. The fourth-order valence-corrected chi connectivity index (χ4v) is 3.09. The Morgan fingerprint density at radius 1 is 1.32 bits per heavy atom. The van der Waals surface area contributed by atoms with Crippen molar-refractivity contribution in [1.82, 2.24) is 15.4 Å². The highest BCUT2D eigenvalue weighted by Gasteiger charge is 2.37. The summed E-state index contributed by atoms with van der Waals surface area (Å²) in [6.07, 6.45) is 6.44. The zero-order valence-corrected chi connectivity index (χ0v) is 13.0. The number of nitrogens with one attached hydrogen (secondary N) is 1. The Morgan fingerprint density at radius 2 is 2.05 bits per heavy atom. The van der Waals surface area contributed by atoms with Crippen LogP contribution in [0.2, 0.25) is 0 Å². The fraction of sp³-hybridized carbons (Fsp3) is 0.688. The zero-order chi connectivity index (χ0) is 15.5. The highest BCUT2D eigenvalue weighted by molar-refractivity contribution is 5.92. The first-order valence-electron chi connectivity index (χ1n) is 8.23. The van der Waals surface area contributed by atoms with Crippen LogP contribution in [0.1, 0.15) is 61.7 Å². The number of amides is 2. The van der Waals surface area contributed by atoms with Gasteiger partial charge in [-0.3, -0.25) is 9.59 Å². The lowest BCUT2D eigenvalue weighted by Gasteiger charge is -2.24. The van der Waals surface area contributed by atoms with E-state index in [0.29, 0.717) is 24.9 Å². The van der Waals surface area contributed by atoms with Crippen LogP contribution in [0, 0.1) is 5.92 Å². The normalized spacial score (nSPS) is 18.4. The molecule has 22 heavy (non-hydrogen) atoms. The molecule has 2 saturated carbocycles. The van der Waals surface area contributed by atoms with Gasteiger partial charge in [0, 0.05) is 24.6 Å². The molecule has 0 bridgehead atoms. The molecular formula is C16H23N3O3. The maximum Gasteiger partial charge on any atom is 0.273 e. The summed E-state index contributed by atoms with van der Waals surface area (Å²) in [6.45, 7) is 2.83. The minimum Gasteiger partial charge on any atom is -0.359 e. The third kappa shape index (κ3) is 3.31. The van der Waals surface area contributed by atoms with Crippen LogP contribution in [0.25, 0.3) is 0 Å². The number of carbonyl (C=O) groups excluding carboxylic acids is 2. The van der Waals surface area contributed by atoms with E-state index in [1.165, 1.54) is 0 Å². The molecule has 2 aliphatic carbocycles. The molecule has 6 nitrogen and oxygen atoms in total. The van der Waals surface area contributed by atoms with Crippen molar-refractivity contribution in [3.8, 4) is 0 Å². The average molecular weight is 305 g/mol. The minimum absolute atomic E-state index is 0.173. The molecule has 1 aromatic rings. The van der Waals surface area contributed by atoms with Crippen LogP contribution in [0.3, 0.4) is 0 Å². The van der Waals surface area contributed by atoms with E-state index >= 15 is 0 Å². The van der Waals surface area contributed by atoms with E-state index in [-0.39, 0.29) is 23.4 Å². The van der Waals surface area contributed by atoms with Crippen molar-refractivity contribution >= 4 is 11.8 Å². The van der Waals surface area contributed by atoms with Gasteiger partial charge in [-0.15, -0.1) is 0 Å². The first kappa shape index (κ1) is 15.1. The van der Waals surface area contributed by atoms with Crippen LogP contribution in [-0.4, -0.2) is 34.5 Å². The van der Waals surface area contributed by atoms with Gasteiger partial charge in [0.1, 0.15) is 0 Å². The molecule has 1 N–H and O–H groups in total. The summed E-state index contributed by atoms with van der Waals surface area (Å²) in [5, 5.41) is 6.49. The zero-order valence-electron chi connectivity index (χ0n) is 13.0. The Balaban J connectivity index is 1.66. The Bertz CT molecular complexity index is 545. The molecule has 6 heteroatoms. The van der Waals surface area contributed by atoms with E-state index in [4.69, 9.17) is 4.52 Å². The number of hydrogen-bond acceptors (Lipinski definition) is 4. The van der Waals surface area contributed by atoms with Crippen LogP contribution in [0.4, 0.5) is 0 Å². The van der Waals surface area contributed by atoms with Gasteiger partial charge in [0.25, 0.3) is 5.91 Å². The van der Waals surface area contributed by atoms with Gasteiger partial charge < -0.3 is 14.7 Å². The molecule has 0 aliphatic heterocycles. The van der Waals surface area contributed by atoms with Gasteiger partial charge in [-0.2, -0.15) is 0 Å². The summed E-state index contributed by atoms with van der Waals surface area (Å²) in [4.78, 5) is 26.3. The third-order valence-corrected chi connectivity index (χ3v) is 4.43. The lowest BCUT2D eigenvalue weighted by Crippen LogP contribution is -2.36. The SMILES string of the molecule is CCNC(=O)c1cc(CN(C(=O)C2CCCC2)C2CC2)on1. The smallest absolute Gasteiger partial charge is 0.273 e. The number of hydrogen-bond donors (Lipinski definition) is 1. The van der Waals surface area contributed by atoms with Gasteiger partial charge in [-0.05, 0) is 32.6 Å². The van der Waals surface area contributed by atoms with Crippen molar-refractivity contribution in [1.29, 1.82) is 0 Å². The molecule has 3 rings (SSSR count). The molecule has 0 saturated heterocycles. The number of nitrogens with zero attached hydrogens (tertiary/aromatic N) is 2. The lowest BCUT2D eigenvalue weighted by molar-refractivity contribution is -0.136.